The molecule has 3 heteroatoms. The van der Waals surface area contributed by atoms with Crippen LogP contribution in [0.2, 0.25) is 0 Å². The normalized spacial score (nSPS) is 1.00. The van der Waals surface area contributed by atoms with Crippen LogP contribution in [0.4, 0.5) is 0 Å². The van der Waals surface area contributed by atoms with Gasteiger partial charge in [0.2, 0.25) is 0 Å². The van der Waals surface area contributed by atoms with Crippen molar-refractivity contribution in [2.24, 2.45) is 0 Å². The molecule has 0 saturated carbocycles. The summed E-state index contributed by atoms with van der Waals surface area (Å²) in [6.07, 6.45) is 0. The summed E-state index contributed by atoms with van der Waals surface area (Å²) in [5.74, 6) is 0. The minimum atomic E-state index is 0. The van der Waals surface area contributed by atoms with Crippen molar-refractivity contribution in [2.45, 2.75) is 0 Å². The Labute approximate surface area is 59.1 Å². The van der Waals surface area contributed by atoms with E-state index in [0.717, 1.165) is 0 Å². The average molecular weight is 267 g/mol. The van der Waals surface area contributed by atoms with E-state index in [1.807, 2.05) is 0 Å². The topological polar surface area (TPSA) is 0 Å². The second kappa shape index (κ2) is 22.0. The van der Waals surface area contributed by atoms with Gasteiger partial charge in [-0.25, -0.2) is 0 Å². The van der Waals surface area contributed by atoms with Crippen molar-refractivity contribution in [3.63, 3.8) is 0 Å². The van der Waals surface area contributed by atoms with E-state index < -0.39 is 0 Å². The molecule has 0 aromatic heterocycles. The van der Waals surface area contributed by atoms with Crippen molar-refractivity contribution in [1.29, 1.82) is 0 Å². The summed E-state index contributed by atoms with van der Waals surface area (Å²) in [5, 5.41) is 0. The first-order chi connectivity index (χ1) is 1.00. The third-order valence-corrected chi connectivity index (χ3v) is 0. The fraction of sp³-hybridized carbons (Fsp3) is 0. The van der Waals surface area contributed by atoms with Gasteiger partial charge >= 0.3 is 52.2 Å². The zero-order valence-corrected chi connectivity index (χ0v) is 8.51. The van der Waals surface area contributed by atoms with E-state index in [4.69, 9.17) is 0 Å². The monoisotopic (exact) mass is 268 g/mol. The second-order valence-electron chi connectivity index (χ2n) is 0. The molecule has 0 aromatic carbocycles. The summed E-state index contributed by atoms with van der Waals surface area (Å²) in [5.41, 5.74) is 0. The van der Waals surface area contributed by atoms with Gasteiger partial charge in [-0.05, 0) is 0 Å². The van der Waals surface area contributed by atoms with E-state index in [9.17, 15) is 0 Å². The molecule has 0 aromatic rings. The van der Waals surface area contributed by atoms with Crippen molar-refractivity contribution in [1.82, 2.24) is 0 Å². The van der Waals surface area contributed by atoms with Crippen LogP contribution in [0.1, 0.15) is 0 Å². The van der Waals surface area contributed by atoms with Crippen LogP contribution in [0.25, 0.3) is 0 Å². The number of rotatable bonds is 0. The van der Waals surface area contributed by atoms with Gasteiger partial charge in [0.25, 0.3) is 0 Å². The number of hydrogen-bond acceptors (Lipinski definition) is 1. The molecular formula is CH5MoSSb-. The molecule has 0 unspecified atom stereocenters. The van der Waals surface area contributed by atoms with E-state index in [1.54, 1.807) is 0 Å². The predicted molar refractivity (Wildman–Crippen MR) is 22.5 cm³/mol. The first kappa shape index (κ1) is 17.2. The quantitative estimate of drug-likeness (QED) is 0.445. The Balaban J connectivity index is -0.00000000500. The van der Waals surface area contributed by atoms with Crippen molar-refractivity contribution >= 4 is 34.2 Å². The van der Waals surface area contributed by atoms with Crippen LogP contribution in [0.3, 0.4) is 0 Å². The van der Waals surface area contributed by atoms with Crippen LogP contribution in [-0.2, 0) is 18.0 Å². The van der Waals surface area contributed by atoms with Crippen LogP contribution < -0.4 is 0 Å². The van der Waals surface area contributed by atoms with Crippen molar-refractivity contribution in [3.8, 4) is 0 Å². The van der Waals surface area contributed by atoms with E-state index in [1.165, 1.54) is 18.0 Å². The van der Waals surface area contributed by atoms with Gasteiger partial charge in [0.15, 0.2) is 0 Å². The Bertz CT molecular complexity index is 8.00. The Hall–Kier alpha value is 1.73. The summed E-state index contributed by atoms with van der Waals surface area (Å²) in [6, 6.07) is 0. The summed E-state index contributed by atoms with van der Waals surface area (Å²) < 4.78 is 0. The van der Waals surface area contributed by atoms with E-state index in [2.05, 4.69) is 9.82 Å². The molecule has 0 heterocycles. The van der Waals surface area contributed by atoms with E-state index in [-0.39, 0.29) is 31.9 Å². The molecule has 0 rings (SSSR count). The van der Waals surface area contributed by atoms with Crippen LogP contribution in [0.15, 0.2) is 0 Å². The molecule has 0 N–H and O–H groups in total. The first-order valence-electron chi connectivity index (χ1n) is 0.167. The third kappa shape index (κ3) is 9.29. The fourth-order valence-electron chi connectivity index (χ4n) is 0. The van der Waals surface area contributed by atoms with Crippen LogP contribution in [0, 0.1) is 7.43 Å². The minimum absolute atomic E-state index is 0. The number of hydrogen-bond donors (Lipinski definition) is 0. The van der Waals surface area contributed by atoms with E-state index >= 15 is 0 Å². The molecule has 4 heavy (non-hydrogen) atoms. The van der Waals surface area contributed by atoms with Crippen molar-refractivity contribution < 1.29 is 18.0 Å². The van der Waals surface area contributed by atoms with Gasteiger partial charge in [-0.1, -0.05) is 0 Å². The fourth-order valence-corrected chi connectivity index (χ4v) is 0. The molecule has 27 valence electrons. The summed E-state index contributed by atoms with van der Waals surface area (Å²) in [6.45, 7) is 0. The molecule has 0 bridgehead atoms. The molecule has 1 radical (unpaired) electrons. The molecule has 0 atom stereocenters. The van der Waals surface area contributed by atoms with Gasteiger partial charge < -0.3 is 7.43 Å². The van der Waals surface area contributed by atoms with Crippen molar-refractivity contribution in [2.75, 3.05) is 0 Å². The van der Waals surface area contributed by atoms with Gasteiger partial charge in [0.05, 0.1) is 0 Å². The zero-order valence-electron chi connectivity index (χ0n) is 2.39. The molecule has 0 aliphatic carbocycles. The predicted octanol–water partition coefficient (Wildman–Crippen LogP) is 0.180. The van der Waals surface area contributed by atoms with Crippen LogP contribution >= 0.6 is 9.82 Å². The van der Waals surface area contributed by atoms with Gasteiger partial charge in [-0.15, -0.1) is 0 Å². The standard InChI is InChI=1S/CH3.Mo.S.Sb.2H/h1H3;;;;;/q-1;;;;;. The maximum absolute atomic E-state index is 4.09. The molecule has 0 aliphatic heterocycles. The molecule has 0 nitrogen and oxygen atoms in total. The maximum atomic E-state index is 4.09. The third-order valence-electron chi connectivity index (χ3n) is 0. The van der Waals surface area contributed by atoms with Crippen LogP contribution in [-0.4, -0.2) is 24.4 Å². The Morgan fingerprint density at radius 2 is 1.25 bits per heavy atom. The Morgan fingerprint density at radius 3 is 1.25 bits per heavy atom. The van der Waals surface area contributed by atoms with Gasteiger partial charge in [-0.3, -0.25) is 0 Å². The molecule has 0 spiro atoms. The van der Waals surface area contributed by atoms with Gasteiger partial charge in [0.1, 0.15) is 0 Å². The average Bonchev–Trinajstić information content (AvgIpc) is 1.00. The summed E-state index contributed by atoms with van der Waals surface area (Å²) in [4.78, 5) is 0. The van der Waals surface area contributed by atoms with Gasteiger partial charge in [0, 0.05) is 0 Å². The molecule has 0 aliphatic rings. The molecule has 0 amide bonds. The van der Waals surface area contributed by atoms with Crippen LogP contribution in [0.5, 0.6) is 0 Å². The summed E-state index contributed by atoms with van der Waals surface area (Å²) >= 11 is 1.53. The second-order valence-corrected chi connectivity index (χ2v) is 0. The summed E-state index contributed by atoms with van der Waals surface area (Å²) in [7, 11) is 4.09. The molecular weight excluding hydrogens is 262 g/mol. The molecule has 0 fully saturated rings. The zero-order chi connectivity index (χ0) is 2.00. The molecule has 0 saturated heterocycles. The Kier molecular flexibility index (Phi) is 94.7. The Morgan fingerprint density at radius 1 is 1.25 bits per heavy atom. The van der Waals surface area contributed by atoms with Gasteiger partial charge in [-0.2, -0.15) is 0 Å². The van der Waals surface area contributed by atoms with E-state index in [0.29, 0.717) is 0 Å². The van der Waals surface area contributed by atoms with Crippen molar-refractivity contribution in [3.05, 3.63) is 7.43 Å². The first-order valence-corrected chi connectivity index (χ1v) is 2.96. The SMILES string of the molecule is [CH3-].[S]=[Mo].[SbH2].